The smallest absolute Gasteiger partial charge is 0.196 e. The number of halogens is 1. The van der Waals surface area contributed by atoms with Crippen molar-refractivity contribution >= 4 is 34.9 Å². The molecule has 0 saturated heterocycles. The number of aryl methyl sites for hydroxylation is 1. The molecule has 0 fully saturated rings. The molecular weight excluding hydrogens is 388 g/mol. The average Bonchev–Trinajstić information content (AvgIpc) is 3.27. The van der Waals surface area contributed by atoms with E-state index < -0.39 is 0 Å². The third-order valence-corrected chi connectivity index (χ3v) is 5.70. The summed E-state index contributed by atoms with van der Waals surface area (Å²) in [7, 11) is 0. The monoisotopic (exact) mass is 400 g/mol. The summed E-state index contributed by atoms with van der Waals surface area (Å²) in [5.74, 6) is 1.35. The second-order valence-corrected chi connectivity index (χ2v) is 7.74. The molecule has 0 aliphatic carbocycles. The molecule has 0 amide bonds. The van der Waals surface area contributed by atoms with E-state index in [1.807, 2.05) is 24.3 Å². The SMILES string of the molecule is Cc1ccccc1-n1c(SCc2nnsc2Cl)nnc1-c1ccncc1. The van der Waals surface area contributed by atoms with Gasteiger partial charge in [0.2, 0.25) is 0 Å². The molecule has 9 heteroatoms. The Labute approximate surface area is 163 Å². The minimum atomic E-state index is 0.579. The summed E-state index contributed by atoms with van der Waals surface area (Å²) >= 11 is 8.84. The first-order valence-corrected chi connectivity index (χ1v) is 9.89. The van der Waals surface area contributed by atoms with E-state index in [4.69, 9.17) is 11.6 Å². The Kier molecular flexibility index (Phi) is 4.96. The fourth-order valence-electron chi connectivity index (χ4n) is 2.50. The number of rotatable bonds is 5. The number of hydrogen-bond donors (Lipinski definition) is 0. The highest BCUT2D eigenvalue weighted by Crippen LogP contribution is 2.32. The van der Waals surface area contributed by atoms with Crippen LogP contribution in [0.1, 0.15) is 11.3 Å². The van der Waals surface area contributed by atoms with Crippen molar-refractivity contribution in [3.63, 3.8) is 0 Å². The third kappa shape index (κ3) is 3.35. The second kappa shape index (κ2) is 7.53. The van der Waals surface area contributed by atoms with Crippen LogP contribution in [0, 0.1) is 6.92 Å². The number of pyridine rings is 1. The summed E-state index contributed by atoms with van der Waals surface area (Å²) < 4.78 is 6.54. The van der Waals surface area contributed by atoms with E-state index >= 15 is 0 Å². The first-order chi connectivity index (χ1) is 12.7. The molecule has 0 radical (unpaired) electrons. The van der Waals surface area contributed by atoms with E-state index in [0.29, 0.717) is 10.1 Å². The van der Waals surface area contributed by atoms with Gasteiger partial charge >= 0.3 is 0 Å². The van der Waals surface area contributed by atoms with Crippen molar-refractivity contribution in [2.24, 2.45) is 0 Å². The molecule has 0 saturated carbocycles. The second-order valence-electron chi connectivity index (χ2n) is 5.45. The maximum atomic E-state index is 6.12. The number of aromatic nitrogens is 6. The van der Waals surface area contributed by atoms with Crippen LogP contribution in [0.4, 0.5) is 0 Å². The standard InChI is InChI=1S/C17H13ClN6S2/c1-11-4-2-3-5-14(11)24-16(12-6-8-19-9-7-12)21-22-17(24)25-10-13-15(18)26-23-20-13/h2-9H,10H2,1H3. The van der Waals surface area contributed by atoms with Crippen LogP contribution in [-0.4, -0.2) is 29.3 Å². The van der Waals surface area contributed by atoms with Crippen molar-refractivity contribution in [3.8, 4) is 17.1 Å². The fourth-order valence-corrected chi connectivity index (χ4v) is 4.18. The Morgan fingerprint density at radius 2 is 1.88 bits per heavy atom. The zero-order chi connectivity index (χ0) is 17.9. The van der Waals surface area contributed by atoms with Gasteiger partial charge in [-0.25, -0.2) is 0 Å². The number of para-hydroxylation sites is 1. The number of nitrogens with zero attached hydrogens (tertiary/aromatic N) is 6. The highest BCUT2D eigenvalue weighted by atomic mass is 35.5. The Morgan fingerprint density at radius 1 is 1.08 bits per heavy atom. The molecule has 0 N–H and O–H groups in total. The van der Waals surface area contributed by atoms with Gasteiger partial charge in [-0.3, -0.25) is 9.55 Å². The van der Waals surface area contributed by atoms with Gasteiger partial charge in [-0.15, -0.1) is 15.3 Å². The zero-order valence-electron chi connectivity index (χ0n) is 13.7. The maximum Gasteiger partial charge on any atom is 0.196 e. The minimum Gasteiger partial charge on any atom is -0.270 e. The molecule has 6 nitrogen and oxygen atoms in total. The largest absolute Gasteiger partial charge is 0.270 e. The molecule has 4 rings (SSSR count). The Balaban J connectivity index is 1.78. The molecule has 1 aromatic carbocycles. The highest BCUT2D eigenvalue weighted by Gasteiger charge is 2.18. The van der Waals surface area contributed by atoms with Crippen molar-refractivity contribution in [2.45, 2.75) is 17.8 Å². The molecule has 26 heavy (non-hydrogen) atoms. The topological polar surface area (TPSA) is 69.4 Å². The number of thioether (sulfide) groups is 1. The molecule has 3 heterocycles. The van der Waals surface area contributed by atoms with E-state index in [2.05, 4.69) is 48.4 Å². The van der Waals surface area contributed by atoms with Gasteiger partial charge in [0.05, 0.1) is 5.69 Å². The molecule has 130 valence electrons. The van der Waals surface area contributed by atoms with Crippen LogP contribution in [0.3, 0.4) is 0 Å². The summed E-state index contributed by atoms with van der Waals surface area (Å²) in [6, 6.07) is 12.0. The first kappa shape index (κ1) is 17.1. The summed E-state index contributed by atoms with van der Waals surface area (Å²) in [5.41, 5.74) is 3.88. The predicted octanol–water partition coefficient (Wildman–Crippen LogP) is 4.43. The molecule has 0 bridgehead atoms. The molecule has 0 aliphatic heterocycles. The quantitative estimate of drug-likeness (QED) is 0.461. The Hall–Kier alpha value is -2.29. The lowest BCUT2D eigenvalue weighted by atomic mass is 10.2. The van der Waals surface area contributed by atoms with Crippen LogP contribution in [0.15, 0.2) is 53.9 Å². The maximum absolute atomic E-state index is 6.12. The molecule has 0 aliphatic rings. The fraction of sp³-hybridized carbons (Fsp3) is 0.118. The lowest BCUT2D eigenvalue weighted by Gasteiger charge is -2.12. The number of benzene rings is 1. The van der Waals surface area contributed by atoms with E-state index in [1.165, 1.54) is 23.3 Å². The molecule has 4 aromatic rings. The predicted molar refractivity (Wildman–Crippen MR) is 104 cm³/mol. The average molecular weight is 401 g/mol. The molecule has 0 unspecified atom stereocenters. The molecule has 3 aromatic heterocycles. The van der Waals surface area contributed by atoms with E-state index in [-0.39, 0.29) is 0 Å². The van der Waals surface area contributed by atoms with Gasteiger partial charge in [-0.1, -0.05) is 46.1 Å². The Morgan fingerprint density at radius 3 is 2.62 bits per heavy atom. The van der Waals surface area contributed by atoms with Crippen molar-refractivity contribution < 1.29 is 0 Å². The van der Waals surface area contributed by atoms with Gasteiger partial charge < -0.3 is 0 Å². The summed E-state index contributed by atoms with van der Waals surface area (Å²) in [6.07, 6.45) is 3.50. The van der Waals surface area contributed by atoms with Crippen molar-refractivity contribution in [1.82, 2.24) is 29.3 Å². The van der Waals surface area contributed by atoms with E-state index in [0.717, 1.165) is 33.5 Å². The van der Waals surface area contributed by atoms with Crippen molar-refractivity contribution in [3.05, 3.63) is 64.4 Å². The van der Waals surface area contributed by atoms with Crippen LogP contribution < -0.4 is 0 Å². The minimum absolute atomic E-state index is 0.579. The zero-order valence-corrected chi connectivity index (χ0v) is 16.1. The lowest BCUT2D eigenvalue weighted by Crippen LogP contribution is -2.02. The van der Waals surface area contributed by atoms with Crippen LogP contribution in [0.5, 0.6) is 0 Å². The van der Waals surface area contributed by atoms with Gasteiger partial charge in [0.25, 0.3) is 0 Å². The van der Waals surface area contributed by atoms with Crippen LogP contribution >= 0.6 is 34.9 Å². The van der Waals surface area contributed by atoms with Crippen LogP contribution in [0.2, 0.25) is 4.34 Å². The van der Waals surface area contributed by atoms with Crippen molar-refractivity contribution in [1.29, 1.82) is 0 Å². The van der Waals surface area contributed by atoms with E-state index in [1.54, 1.807) is 12.4 Å². The van der Waals surface area contributed by atoms with Crippen LogP contribution in [0.25, 0.3) is 17.1 Å². The molecular formula is C17H13ClN6S2. The lowest BCUT2D eigenvalue weighted by molar-refractivity contribution is 0.879. The number of hydrogen-bond acceptors (Lipinski definition) is 7. The molecule has 0 atom stereocenters. The Bertz CT molecular complexity index is 1030. The van der Waals surface area contributed by atoms with Crippen molar-refractivity contribution in [2.75, 3.05) is 0 Å². The normalized spacial score (nSPS) is 11.0. The summed E-state index contributed by atoms with van der Waals surface area (Å²) in [6.45, 7) is 2.07. The highest BCUT2D eigenvalue weighted by molar-refractivity contribution is 7.98. The third-order valence-electron chi connectivity index (χ3n) is 3.78. The van der Waals surface area contributed by atoms with Gasteiger partial charge in [-0.2, -0.15) is 0 Å². The summed E-state index contributed by atoms with van der Waals surface area (Å²) in [4.78, 5) is 4.09. The van der Waals surface area contributed by atoms with E-state index in [9.17, 15) is 0 Å². The molecule has 0 spiro atoms. The van der Waals surface area contributed by atoms with Gasteiger partial charge in [0.1, 0.15) is 10.0 Å². The van der Waals surface area contributed by atoms with Gasteiger partial charge in [0.15, 0.2) is 11.0 Å². The van der Waals surface area contributed by atoms with Crippen LogP contribution in [-0.2, 0) is 5.75 Å². The summed E-state index contributed by atoms with van der Waals surface area (Å²) in [5, 5.41) is 13.7. The van der Waals surface area contributed by atoms with Gasteiger partial charge in [0, 0.05) is 35.2 Å². The first-order valence-electron chi connectivity index (χ1n) is 7.75. The van der Waals surface area contributed by atoms with Gasteiger partial charge in [-0.05, 0) is 30.7 Å².